The Balaban J connectivity index is 2.15. The molecule has 0 aromatic heterocycles. The summed E-state index contributed by atoms with van der Waals surface area (Å²) in [6.07, 6.45) is 0. The molecule has 0 radical (unpaired) electrons. The highest BCUT2D eigenvalue weighted by Crippen LogP contribution is 2.23. The van der Waals surface area contributed by atoms with Crippen LogP contribution in [0.5, 0.6) is 5.75 Å². The molecule has 21 heavy (non-hydrogen) atoms. The van der Waals surface area contributed by atoms with E-state index in [1.54, 1.807) is 31.3 Å². The Morgan fingerprint density at radius 3 is 2.57 bits per heavy atom. The maximum absolute atomic E-state index is 13.8. The van der Waals surface area contributed by atoms with E-state index < -0.39 is 23.5 Å². The molecule has 0 fully saturated rings. The van der Waals surface area contributed by atoms with Crippen LogP contribution in [0.2, 0.25) is 5.02 Å². The van der Waals surface area contributed by atoms with Crippen molar-refractivity contribution in [1.29, 1.82) is 0 Å². The average molecular weight is 316 g/mol. The molecule has 2 rings (SSSR count). The normalized spacial score (nSPS) is 12.2. The number of ether oxygens (including phenoxy) is 1. The lowest BCUT2D eigenvalue weighted by atomic mass is 10.1. The summed E-state index contributed by atoms with van der Waals surface area (Å²) in [7, 11) is 1.58. The number of rotatable bonds is 5. The fourth-order valence-electron chi connectivity index (χ4n) is 1.87. The van der Waals surface area contributed by atoms with Gasteiger partial charge in [-0.1, -0.05) is 23.7 Å². The van der Waals surface area contributed by atoms with Gasteiger partial charge < -0.3 is 10.1 Å². The third kappa shape index (κ3) is 3.68. The predicted molar refractivity (Wildman–Crippen MR) is 75.1 cm³/mol. The minimum atomic E-state index is -1.49. The van der Waals surface area contributed by atoms with Gasteiger partial charge in [0.1, 0.15) is 12.4 Å². The van der Waals surface area contributed by atoms with Crippen molar-refractivity contribution in [2.75, 3.05) is 13.7 Å². The second kappa shape index (κ2) is 6.83. The Hall–Kier alpha value is -1.72. The van der Waals surface area contributed by atoms with Crippen LogP contribution in [-0.4, -0.2) is 13.7 Å². The zero-order valence-electron chi connectivity index (χ0n) is 11.2. The van der Waals surface area contributed by atoms with E-state index in [-0.39, 0.29) is 12.2 Å². The summed E-state index contributed by atoms with van der Waals surface area (Å²) in [6, 6.07) is 8.16. The lowest BCUT2D eigenvalue weighted by molar-refractivity contribution is 0.268. The lowest BCUT2D eigenvalue weighted by Gasteiger charge is -2.18. The fraction of sp³-hybridized carbons (Fsp3) is 0.200. The van der Waals surface area contributed by atoms with Crippen LogP contribution < -0.4 is 10.1 Å². The summed E-state index contributed by atoms with van der Waals surface area (Å²) in [6.45, 7) is 0.0405. The van der Waals surface area contributed by atoms with E-state index in [0.29, 0.717) is 10.8 Å². The Kier molecular flexibility index (Phi) is 5.09. The molecule has 1 N–H and O–H groups in total. The molecule has 6 heteroatoms. The smallest absolute Gasteiger partial charge is 0.194 e. The van der Waals surface area contributed by atoms with Gasteiger partial charge in [-0.2, -0.15) is 0 Å². The third-order valence-corrected chi connectivity index (χ3v) is 3.24. The summed E-state index contributed by atoms with van der Waals surface area (Å²) < 4.78 is 45.5. The molecule has 0 saturated heterocycles. The Bertz CT molecular complexity index is 636. The van der Waals surface area contributed by atoms with E-state index in [1.165, 1.54) is 6.07 Å². The van der Waals surface area contributed by atoms with Crippen LogP contribution in [0.4, 0.5) is 13.2 Å². The molecular formula is C15H13ClF3NO. The van der Waals surface area contributed by atoms with Gasteiger partial charge in [-0.15, -0.1) is 0 Å². The van der Waals surface area contributed by atoms with Gasteiger partial charge in [0, 0.05) is 10.6 Å². The molecule has 0 aliphatic carbocycles. The van der Waals surface area contributed by atoms with Crippen molar-refractivity contribution in [2.45, 2.75) is 6.04 Å². The third-order valence-electron chi connectivity index (χ3n) is 3.00. The highest BCUT2D eigenvalue weighted by molar-refractivity contribution is 6.30. The van der Waals surface area contributed by atoms with Crippen molar-refractivity contribution < 1.29 is 17.9 Å². The number of nitrogens with one attached hydrogen (secondary N) is 1. The minimum absolute atomic E-state index is 0.00146. The van der Waals surface area contributed by atoms with Crippen molar-refractivity contribution in [3.63, 3.8) is 0 Å². The van der Waals surface area contributed by atoms with Crippen molar-refractivity contribution in [1.82, 2.24) is 5.32 Å². The largest absolute Gasteiger partial charge is 0.492 e. The Morgan fingerprint density at radius 2 is 1.90 bits per heavy atom. The van der Waals surface area contributed by atoms with E-state index in [1.807, 2.05) is 0 Å². The highest BCUT2D eigenvalue weighted by atomic mass is 35.5. The van der Waals surface area contributed by atoms with E-state index in [0.717, 1.165) is 6.07 Å². The molecule has 2 nitrogen and oxygen atoms in total. The maximum atomic E-state index is 13.8. The van der Waals surface area contributed by atoms with Crippen LogP contribution in [0.1, 0.15) is 11.6 Å². The van der Waals surface area contributed by atoms with Crippen molar-refractivity contribution >= 4 is 11.6 Å². The van der Waals surface area contributed by atoms with Gasteiger partial charge in [0.2, 0.25) is 0 Å². The van der Waals surface area contributed by atoms with E-state index in [9.17, 15) is 13.2 Å². The van der Waals surface area contributed by atoms with Crippen LogP contribution in [0, 0.1) is 17.5 Å². The number of likely N-dealkylation sites (N-methyl/N-ethyl adjacent to an activating group) is 1. The highest BCUT2D eigenvalue weighted by Gasteiger charge is 2.20. The van der Waals surface area contributed by atoms with Crippen LogP contribution in [0.3, 0.4) is 0 Å². The first-order valence-electron chi connectivity index (χ1n) is 6.22. The van der Waals surface area contributed by atoms with Gasteiger partial charge >= 0.3 is 0 Å². The zero-order chi connectivity index (χ0) is 15.4. The van der Waals surface area contributed by atoms with Crippen molar-refractivity contribution in [2.24, 2.45) is 0 Å². The van der Waals surface area contributed by atoms with Crippen LogP contribution in [-0.2, 0) is 0 Å². The second-order valence-electron chi connectivity index (χ2n) is 4.37. The first-order chi connectivity index (χ1) is 10.0. The summed E-state index contributed by atoms with van der Waals surface area (Å²) in [5.74, 6) is -3.42. The molecule has 1 unspecified atom stereocenters. The maximum Gasteiger partial charge on any atom is 0.194 e. The Labute approximate surface area is 125 Å². The molecule has 0 spiro atoms. The van der Waals surface area contributed by atoms with Crippen molar-refractivity contribution in [3.8, 4) is 5.75 Å². The quantitative estimate of drug-likeness (QED) is 0.839. The lowest BCUT2D eigenvalue weighted by Crippen LogP contribution is -2.25. The van der Waals surface area contributed by atoms with E-state index in [2.05, 4.69) is 5.32 Å². The molecule has 0 saturated carbocycles. The number of halogens is 4. The monoisotopic (exact) mass is 315 g/mol. The van der Waals surface area contributed by atoms with Gasteiger partial charge in [-0.25, -0.2) is 13.2 Å². The Morgan fingerprint density at radius 1 is 1.14 bits per heavy atom. The molecule has 112 valence electrons. The average Bonchev–Trinajstić information content (AvgIpc) is 2.47. The molecule has 2 aromatic rings. The minimum Gasteiger partial charge on any atom is -0.492 e. The van der Waals surface area contributed by atoms with Crippen LogP contribution >= 0.6 is 11.6 Å². The zero-order valence-corrected chi connectivity index (χ0v) is 11.9. The van der Waals surface area contributed by atoms with Crippen molar-refractivity contribution in [3.05, 3.63) is 64.4 Å². The number of benzene rings is 2. The molecule has 2 aromatic carbocycles. The fourth-order valence-corrected chi connectivity index (χ4v) is 2.06. The molecule has 0 amide bonds. The first-order valence-corrected chi connectivity index (χ1v) is 6.59. The van der Waals surface area contributed by atoms with Gasteiger partial charge in [0.15, 0.2) is 17.5 Å². The topological polar surface area (TPSA) is 21.3 Å². The second-order valence-corrected chi connectivity index (χ2v) is 4.81. The SMILES string of the molecule is CNC(COc1cccc(Cl)c1)c1ccc(F)c(F)c1F. The summed E-state index contributed by atoms with van der Waals surface area (Å²) in [5, 5.41) is 3.31. The summed E-state index contributed by atoms with van der Waals surface area (Å²) in [4.78, 5) is 0. The first kappa shape index (κ1) is 15.7. The molecule has 0 heterocycles. The standard InChI is InChI=1S/C15H13ClF3NO/c1-20-13(8-21-10-4-2-3-9(16)7-10)11-5-6-12(17)15(19)14(11)18/h2-7,13,20H,8H2,1H3. The molecule has 0 aliphatic rings. The van der Waals surface area contributed by atoms with Gasteiger partial charge in [-0.3, -0.25) is 0 Å². The van der Waals surface area contributed by atoms with Crippen LogP contribution in [0.25, 0.3) is 0 Å². The van der Waals surface area contributed by atoms with E-state index >= 15 is 0 Å². The van der Waals surface area contributed by atoms with Gasteiger partial charge in [-0.05, 0) is 31.3 Å². The molecular weight excluding hydrogens is 303 g/mol. The number of hydrogen-bond acceptors (Lipinski definition) is 2. The van der Waals surface area contributed by atoms with Crippen LogP contribution in [0.15, 0.2) is 36.4 Å². The predicted octanol–water partition coefficient (Wildman–Crippen LogP) is 4.10. The molecule has 0 bridgehead atoms. The number of hydrogen-bond donors (Lipinski definition) is 1. The summed E-state index contributed by atoms with van der Waals surface area (Å²) in [5.41, 5.74) is -0.00146. The summed E-state index contributed by atoms with van der Waals surface area (Å²) >= 11 is 5.83. The van der Waals surface area contributed by atoms with Gasteiger partial charge in [0.25, 0.3) is 0 Å². The van der Waals surface area contributed by atoms with E-state index in [4.69, 9.17) is 16.3 Å². The molecule has 1 atom stereocenters. The van der Waals surface area contributed by atoms with Gasteiger partial charge in [0.05, 0.1) is 6.04 Å². The molecule has 0 aliphatic heterocycles.